The van der Waals surface area contributed by atoms with Crippen molar-refractivity contribution in [2.45, 2.75) is 0 Å². The minimum absolute atomic E-state index is 0.991. The van der Waals surface area contributed by atoms with Gasteiger partial charge < -0.3 is 0 Å². The molecule has 0 aromatic heterocycles. The third-order valence-electron chi connectivity index (χ3n) is 0.0873. The number of carboxylic acid groups (broad SMARTS) is 1. The molecule has 0 atom stereocenters. The fraction of sp³-hybridized carbons (Fsp3) is 0. The van der Waals surface area contributed by atoms with Crippen LogP contribution in [0.4, 0.5) is 4.79 Å². The average Bonchev–Trinajstić information content (AvgIpc) is 1.73. The van der Waals surface area contributed by atoms with Crippen LogP contribution in [0.1, 0.15) is 0 Å². The first kappa shape index (κ1) is 10.6. The molecule has 43 valence electrons. The van der Waals surface area contributed by atoms with Gasteiger partial charge in [-0.15, -0.1) is 23.3 Å². The van der Waals surface area contributed by atoms with Gasteiger partial charge in [-0.05, 0) is 0 Å². The van der Waals surface area contributed by atoms with Crippen molar-refractivity contribution >= 4 is 29.4 Å². The number of carbonyl (C=O) groups is 1. The fourth-order valence-electron chi connectivity index (χ4n) is 0. The molecule has 0 rings (SSSR count). The van der Waals surface area contributed by atoms with Gasteiger partial charge in [0.15, 0.2) is 0 Å². The summed E-state index contributed by atoms with van der Waals surface area (Å²) in [5.74, 6) is 0. The zero-order chi connectivity index (χ0) is 6.28. The minimum atomic E-state index is -0.991. The molecule has 0 aliphatic rings. The van der Waals surface area contributed by atoms with E-state index >= 15 is 0 Å². The number of hydrogen-bond acceptors (Lipinski definition) is 3. The van der Waals surface area contributed by atoms with Crippen LogP contribution in [-0.2, 0) is 20.1 Å². The van der Waals surface area contributed by atoms with Crippen LogP contribution in [-0.4, -0.2) is 11.2 Å². The van der Waals surface area contributed by atoms with E-state index in [2.05, 4.69) is 23.3 Å². The Hall–Kier alpha value is 0.658. The standard InChI is InChI=1S/CH2NO2.Mo.H2S2/c2-1(3)4;;1-2/h2H,(H,3,4);;1-2H/q-1;+1;. The van der Waals surface area contributed by atoms with Gasteiger partial charge in [-0.2, -0.15) is 0 Å². The maximum Gasteiger partial charge on any atom is -0.115 e. The first-order valence-corrected chi connectivity index (χ1v) is 3.69. The third kappa shape index (κ3) is 20.4. The molecular weight excluding hydrogens is 218 g/mol. The fourth-order valence-corrected chi connectivity index (χ4v) is 0. The molecular formula is CH4MoNO2S2. The molecule has 0 aromatic carbocycles. The smallest absolute Gasteiger partial charge is 0.115 e. The van der Waals surface area contributed by atoms with Crippen molar-refractivity contribution in [3.05, 3.63) is 0 Å². The second-order valence-corrected chi connectivity index (χ2v) is 0.909. The predicted molar refractivity (Wildman–Crippen MR) is 29.1 cm³/mol. The number of nitrogens with one attached hydrogen (secondary N) is 1. The van der Waals surface area contributed by atoms with Crippen molar-refractivity contribution in [2.75, 3.05) is 0 Å². The van der Waals surface area contributed by atoms with Crippen LogP contribution in [0, 0.1) is 0 Å². The maximum atomic E-state index is 9.26. The van der Waals surface area contributed by atoms with Gasteiger partial charge in [0, 0.05) is 0 Å². The molecule has 0 unspecified atom stereocenters. The van der Waals surface area contributed by atoms with Crippen molar-refractivity contribution in [2.24, 2.45) is 0 Å². The molecule has 0 aliphatic heterocycles. The maximum absolute atomic E-state index is 9.26. The van der Waals surface area contributed by atoms with Crippen LogP contribution in [0.2, 0.25) is 0 Å². The molecule has 0 saturated heterocycles. The van der Waals surface area contributed by atoms with Gasteiger partial charge in [0.2, 0.25) is 0 Å². The molecule has 0 bridgehead atoms. The van der Waals surface area contributed by atoms with E-state index in [1.54, 1.807) is 0 Å². The van der Waals surface area contributed by atoms with E-state index < -0.39 is 6.09 Å². The average molecular weight is 222 g/mol. The molecule has 6 heteroatoms. The van der Waals surface area contributed by atoms with Crippen molar-refractivity contribution in [1.29, 1.82) is 0 Å². The summed E-state index contributed by atoms with van der Waals surface area (Å²) in [5, 5.41) is 7.61. The summed E-state index contributed by atoms with van der Waals surface area (Å²) in [6.45, 7) is 0. The zero-order valence-corrected chi connectivity index (χ0v) is 6.95. The summed E-state index contributed by atoms with van der Waals surface area (Å²) < 4.78 is 1.95. The molecule has 0 spiro atoms. The van der Waals surface area contributed by atoms with E-state index in [0.29, 0.717) is 0 Å². The topological polar surface area (TPSA) is 49.3 Å². The molecule has 7 heavy (non-hydrogen) atoms. The second kappa shape index (κ2) is 9.82. The zero-order valence-electron chi connectivity index (χ0n) is 3.16. The minimum Gasteiger partial charge on any atom is -0.115 e. The van der Waals surface area contributed by atoms with Gasteiger partial charge in [0.1, 0.15) is 0 Å². The van der Waals surface area contributed by atoms with Crippen LogP contribution >= 0.6 is 23.3 Å². The van der Waals surface area contributed by atoms with Gasteiger partial charge in [-0.1, -0.05) is 0 Å². The Balaban J connectivity index is 0. The van der Waals surface area contributed by atoms with Crippen LogP contribution in [0.5, 0.6) is 0 Å². The third-order valence-corrected chi connectivity index (χ3v) is 0.517. The Kier molecular flexibility index (Phi) is 14.9. The van der Waals surface area contributed by atoms with E-state index in [0.717, 1.165) is 0 Å². The summed E-state index contributed by atoms with van der Waals surface area (Å²) in [7, 11) is 0. The Morgan fingerprint density at radius 2 is 1.86 bits per heavy atom. The summed E-state index contributed by atoms with van der Waals surface area (Å²) in [4.78, 5) is 9.26. The molecule has 0 aromatic rings. The molecule has 1 amide bonds. The van der Waals surface area contributed by atoms with Crippen LogP contribution in [0.15, 0.2) is 0 Å². The SMILES string of the molecule is O=C(O)[NH][Mo].SS. The van der Waals surface area contributed by atoms with Crippen molar-refractivity contribution < 1.29 is 30.0 Å². The Morgan fingerprint density at radius 1 is 1.71 bits per heavy atom. The first-order valence-electron chi connectivity index (χ1n) is 1.08. The van der Waals surface area contributed by atoms with Gasteiger partial charge in [0.05, 0.1) is 0 Å². The molecule has 0 aliphatic carbocycles. The van der Waals surface area contributed by atoms with E-state index in [1.165, 1.54) is 20.1 Å². The Morgan fingerprint density at radius 3 is 1.86 bits per heavy atom. The van der Waals surface area contributed by atoms with Crippen molar-refractivity contribution in [3.63, 3.8) is 0 Å². The van der Waals surface area contributed by atoms with E-state index in [1.807, 2.05) is 3.88 Å². The molecule has 0 radical (unpaired) electrons. The predicted octanol–water partition coefficient (Wildman–Crippen LogP) is 0.477. The monoisotopic (exact) mass is 224 g/mol. The van der Waals surface area contributed by atoms with Crippen molar-refractivity contribution in [1.82, 2.24) is 3.88 Å². The largest absolute Gasteiger partial charge is 0.115 e. The molecule has 0 fully saturated rings. The number of amides is 1. The van der Waals surface area contributed by atoms with Crippen LogP contribution in [0.25, 0.3) is 0 Å². The van der Waals surface area contributed by atoms with Gasteiger partial charge >= 0.3 is 39.9 Å². The van der Waals surface area contributed by atoms with Gasteiger partial charge in [-0.3, -0.25) is 0 Å². The summed E-state index contributed by atoms with van der Waals surface area (Å²) in [6, 6.07) is 0. The van der Waals surface area contributed by atoms with E-state index in [4.69, 9.17) is 5.11 Å². The number of thiol groups is 2. The number of hydrogen-bond donors (Lipinski definition) is 4. The van der Waals surface area contributed by atoms with E-state index in [-0.39, 0.29) is 0 Å². The van der Waals surface area contributed by atoms with Crippen molar-refractivity contribution in [3.8, 4) is 0 Å². The summed E-state index contributed by atoms with van der Waals surface area (Å²) >= 11 is 7.73. The Labute approximate surface area is 63.3 Å². The first-order chi connectivity index (χ1) is 3.27. The number of rotatable bonds is 0. The Bertz CT molecular complexity index is 51.0. The summed E-state index contributed by atoms with van der Waals surface area (Å²) in [5.41, 5.74) is 0. The molecule has 2 N–H and O–H groups in total. The molecule has 0 saturated carbocycles. The quantitative estimate of drug-likeness (QED) is 0.274. The van der Waals surface area contributed by atoms with E-state index in [9.17, 15) is 4.79 Å². The molecule has 0 heterocycles. The summed E-state index contributed by atoms with van der Waals surface area (Å²) in [6.07, 6.45) is -0.991. The van der Waals surface area contributed by atoms with Crippen LogP contribution < -0.4 is 3.88 Å². The van der Waals surface area contributed by atoms with Crippen LogP contribution in [0.3, 0.4) is 0 Å². The molecule has 3 nitrogen and oxygen atoms in total. The van der Waals surface area contributed by atoms with Gasteiger partial charge in [-0.25, -0.2) is 0 Å². The van der Waals surface area contributed by atoms with Gasteiger partial charge in [0.25, 0.3) is 0 Å². The second-order valence-electron chi connectivity index (χ2n) is 0.407. The normalized spacial score (nSPS) is 5.43.